The molecular weight excluding hydrogens is 242 g/mol. The first-order valence-corrected chi connectivity index (χ1v) is 5.38. The normalized spacial score (nSPS) is 30.5. The summed E-state index contributed by atoms with van der Waals surface area (Å²) in [6, 6.07) is 0. The molecule has 1 aliphatic rings. The number of rotatable bonds is 3. The molecule has 0 aromatic carbocycles. The van der Waals surface area contributed by atoms with Crippen LogP contribution >= 0.6 is 15.9 Å². The highest BCUT2D eigenvalue weighted by molar-refractivity contribution is 9.09. The Bertz CT molecular complexity index is 158. The van der Waals surface area contributed by atoms with Crippen LogP contribution in [0.4, 0.5) is 8.78 Å². The molecule has 0 amide bonds. The second kappa shape index (κ2) is 4.69. The van der Waals surface area contributed by atoms with E-state index in [2.05, 4.69) is 34.0 Å². The summed E-state index contributed by atoms with van der Waals surface area (Å²) in [6.07, 6.45) is 5.21. The summed E-state index contributed by atoms with van der Waals surface area (Å²) in [5.74, 6) is 0.439. The van der Waals surface area contributed by atoms with Crippen molar-refractivity contribution in [1.29, 1.82) is 0 Å². The molecule has 1 radical (unpaired) electrons. The van der Waals surface area contributed by atoms with Crippen LogP contribution < -0.4 is 0 Å². The van der Waals surface area contributed by atoms with Crippen molar-refractivity contribution in [3.05, 3.63) is 6.42 Å². The van der Waals surface area contributed by atoms with E-state index >= 15 is 0 Å². The van der Waals surface area contributed by atoms with E-state index in [9.17, 15) is 8.78 Å². The molecule has 4 heteroatoms. The summed E-state index contributed by atoms with van der Waals surface area (Å²) in [7, 11) is 0. The van der Waals surface area contributed by atoms with Crippen LogP contribution in [0, 0.1) is 12.3 Å². The zero-order chi connectivity index (χ0) is 9.90. The predicted molar refractivity (Wildman–Crippen MR) is 50.7 cm³/mol. The fourth-order valence-corrected chi connectivity index (χ4v) is 1.96. The fraction of sp³-hybridized carbons (Fsp3) is 0.889. The molecule has 1 rings (SSSR count). The maximum atomic E-state index is 12.4. The minimum Gasteiger partial charge on any atom is -0.308 e. The number of halogens is 3. The Balaban J connectivity index is 2.34. The van der Waals surface area contributed by atoms with Crippen molar-refractivity contribution in [3.8, 4) is 0 Å². The minimum absolute atomic E-state index is 0.302. The molecule has 0 bridgehead atoms. The SMILES string of the molecule is CCC1[CH]CCC(OC(F)(F)Br)C1. The van der Waals surface area contributed by atoms with Crippen molar-refractivity contribution in [2.24, 2.45) is 5.92 Å². The lowest BCUT2D eigenvalue weighted by molar-refractivity contribution is -0.194. The van der Waals surface area contributed by atoms with Gasteiger partial charge in [-0.15, -0.1) is 0 Å². The highest BCUT2D eigenvalue weighted by atomic mass is 79.9. The maximum absolute atomic E-state index is 12.4. The van der Waals surface area contributed by atoms with Gasteiger partial charge in [0.15, 0.2) is 0 Å². The van der Waals surface area contributed by atoms with E-state index in [1.807, 2.05) is 0 Å². The molecule has 77 valence electrons. The minimum atomic E-state index is -3.16. The lowest BCUT2D eigenvalue weighted by atomic mass is 9.86. The van der Waals surface area contributed by atoms with E-state index in [1.54, 1.807) is 0 Å². The van der Waals surface area contributed by atoms with Crippen molar-refractivity contribution in [2.45, 2.75) is 43.7 Å². The second-order valence-corrected chi connectivity index (χ2v) is 4.33. The zero-order valence-corrected chi connectivity index (χ0v) is 9.19. The predicted octanol–water partition coefficient (Wildman–Crippen LogP) is 3.73. The van der Waals surface area contributed by atoms with E-state index in [4.69, 9.17) is 0 Å². The van der Waals surface area contributed by atoms with Crippen LogP contribution in [0.25, 0.3) is 0 Å². The molecule has 0 N–H and O–H groups in total. The van der Waals surface area contributed by atoms with E-state index in [-0.39, 0.29) is 6.10 Å². The van der Waals surface area contributed by atoms with Gasteiger partial charge in [-0.05, 0) is 31.6 Å². The van der Waals surface area contributed by atoms with Crippen LogP contribution in [0.1, 0.15) is 32.6 Å². The topological polar surface area (TPSA) is 9.23 Å². The van der Waals surface area contributed by atoms with Gasteiger partial charge in [0.1, 0.15) is 0 Å². The average molecular weight is 256 g/mol. The van der Waals surface area contributed by atoms with Crippen molar-refractivity contribution in [3.63, 3.8) is 0 Å². The van der Waals surface area contributed by atoms with Crippen molar-refractivity contribution in [2.75, 3.05) is 0 Å². The smallest absolute Gasteiger partial charge is 0.308 e. The molecular formula is C9H14BrF2O. The molecule has 1 saturated carbocycles. The van der Waals surface area contributed by atoms with Crippen LogP contribution in [0.3, 0.4) is 0 Å². The lowest BCUT2D eigenvalue weighted by Gasteiger charge is -2.29. The van der Waals surface area contributed by atoms with Crippen molar-refractivity contribution >= 4 is 15.9 Å². The Labute approximate surface area is 86.0 Å². The number of ether oxygens (including phenoxy) is 1. The Morgan fingerprint density at radius 3 is 2.85 bits per heavy atom. The zero-order valence-electron chi connectivity index (χ0n) is 7.60. The third-order valence-electron chi connectivity index (χ3n) is 2.38. The quantitative estimate of drug-likeness (QED) is 0.699. The van der Waals surface area contributed by atoms with Crippen LogP contribution in [-0.2, 0) is 4.74 Å². The van der Waals surface area contributed by atoms with Gasteiger partial charge in [0, 0.05) is 15.9 Å². The van der Waals surface area contributed by atoms with E-state index in [0.29, 0.717) is 12.3 Å². The Hall–Kier alpha value is 0.300. The van der Waals surface area contributed by atoms with Crippen LogP contribution in [-0.4, -0.2) is 11.1 Å². The highest BCUT2D eigenvalue weighted by Gasteiger charge is 2.32. The summed E-state index contributed by atoms with van der Waals surface area (Å²) >= 11 is 2.19. The molecule has 13 heavy (non-hydrogen) atoms. The Morgan fingerprint density at radius 1 is 1.62 bits per heavy atom. The maximum Gasteiger partial charge on any atom is 0.414 e. The average Bonchev–Trinajstić information content (AvgIpc) is 2.01. The van der Waals surface area contributed by atoms with Gasteiger partial charge in [-0.25, -0.2) is 0 Å². The summed E-state index contributed by atoms with van der Waals surface area (Å²) in [5, 5.41) is -3.16. The molecule has 0 aliphatic heterocycles. The van der Waals surface area contributed by atoms with Crippen LogP contribution in [0.15, 0.2) is 0 Å². The molecule has 1 nitrogen and oxygen atoms in total. The molecule has 0 spiro atoms. The monoisotopic (exact) mass is 255 g/mol. The standard InChI is InChI=1S/C9H14BrF2O/c1-2-7-4-3-5-8(6-7)13-9(10,11)12/h4,7-8H,2-3,5-6H2,1H3. The van der Waals surface area contributed by atoms with E-state index < -0.39 is 5.02 Å². The van der Waals surface area contributed by atoms with Gasteiger partial charge in [0.05, 0.1) is 6.10 Å². The van der Waals surface area contributed by atoms with Gasteiger partial charge >= 0.3 is 5.02 Å². The number of hydrogen-bond donors (Lipinski definition) is 0. The first-order valence-electron chi connectivity index (χ1n) is 4.59. The molecule has 1 fully saturated rings. The Kier molecular flexibility index (Phi) is 4.10. The molecule has 2 atom stereocenters. The molecule has 0 heterocycles. The Morgan fingerprint density at radius 2 is 2.31 bits per heavy atom. The molecule has 2 unspecified atom stereocenters. The summed E-state index contributed by atoms with van der Waals surface area (Å²) < 4.78 is 29.4. The first-order chi connectivity index (χ1) is 6.01. The third kappa shape index (κ3) is 4.36. The van der Waals surface area contributed by atoms with Crippen molar-refractivity contribution < 1.29 is 13.5 Å². The summed E-state index contributed by atoms with van der Waals surface area (Å²) in [6.45, 7) is 2.07. The van der Waals surface area contributed by atoms with E-state index in [0.717, 1.165) is 19.3 Å². The number of hydrogen-bond acceptors (Lipinski definition) is 1. The lowest BCUT2D eigenvalue weighted by Crippen LogP contribution is -2.28. The van der Waals surface area contributed by atoms with Gasteiger partial charge in [-0.1, -0.05) is 13.3 Å². The second-order valence-electron chi connectivity index (χ2n) is 3.40. The fourth-order valence-electron chi connectivity index (χ4n) is 1.70. The summed E-state index contributed by atoms with van der Waals surface area (Å²) in [4.78, 5) is 0. The van der Waals surface area contributed by atoms with Crippen molar-refractivity contribution in [1.82, 2.24) is 0 Å². The number of alkyl halides is 3. The molecule has 1 aliphatic carbocycles. The third-order valence-corrected chi connectivity index (χ3v) is 2.57. The molecule has 0 aromatic heterocycles. The van der Waals surface area contributed by atoms with Gasteiger partial charge < -0.3 is 4.74 Å². The highest BCUT2D eigenvalue weighted by Crippen LogP contribution is 2.33. The molecule has 0 aromatic rings. The molecule has 0 saturated heterocycles. The van der Waals surface area contributed by atoms with Crippen LogP contribution in [0.5, 0.6) is 0 Å². The first kappa shape index (κ1) is 11.4. The van der Waals surface area contributed by atoms with Gasteiger partial charge in [0.25, 0.3) is 0 Å². The summed E-state index contributed by atoms with van der Waals surface area (Å²) in [5.41, 5.74) is 0. The van der Waals surface area contributed by atoms with Gasteiger partial charge in [-0.2, -0.15) is 8.78 Å². The largest absolute Gasteiger partial charge is 0.414 e. The van der Waals surface area contributed by atoms with Crippen LogP contribution in [0.2, 0.25) is 0 Å². The van der Waals surface area contributed by atoms with Gasteiger partial charge in [0.2, 0.25) is 0 Å². The van der Waals surface area contributed by atoms with Gasteiger partial charge in [-0.3, -0.25) is 0 Å². The van der Waals surface area contributed by atoms with E-state index in [1.165, 1.54) is 0 Å².